The van der Waals surface area contributed by atoms with E-state index in [1.54, 1.807) is 7.11 Å². The largest absolute Gasteiger partial charge is 0.497 e. The average Bonchev–Trinajstić information content (AvgIpc) is 2.45. The lowest BCUT2D eigenvalue weighted by atomic mass is 9.88. The van der Waals surface area contributed by atoms with Gasteiger partial charge in [0.25, 0.3) is 5.56 Å². The maximum Gasteiger partial charge on any atom is 0.341 e. The van der Waals surface area contributed by atoms with Crippen LogP contribution in [0.3, 0.4) is 0 Å². The number of carbonyl (C=O) groups is 1. The first-order valence-corrected chi connectivity index (χ1v) is 6.27. The predicted molar refractivity (Wildman–Crippen MR) is 73.4 cm³/mol. The zero-order valence-electron chi connectivity index (χ0n) is 10.9. The summed E-state index contributed by atoms with van der Waals surface area (Å²) in [6.45, 7) is 0. The third kappa shape index (κ3) is 1.87. The van der Waals surface area contributed by atoms with Crippen LogP contribution in [0.25, 0.3) is 11.3 Å². The van der Waals surface area contributed by atoms with Crippen LogP contribution in [-0.2, 0) is 12.8 Å². The Bertz CT molecular complexity index is 761. The minimum atomic E-state index is -1.20. The molecule has 20 heavy (non-hydrogen) atoms. The molecule has 0 fully saturated rings. The quantitative estimate of drug-likeness (QED) is 0.873. The van der Waals surface area contributed by atoms with Gasteiger partial charge in [0.15, 0.2) is 0 Å². The van der Waals surface area contributed by atoms with Crippen LogP contribution < -0.4 is 10.3 Å². The second-order valence-corrected chi connectivity index (χ2v) is 4.74. The summed E-state index contributed by atoms with van der Waals surface area (Å²) in [5.41, 5.74) is 2.82. The molecule has 0 saturated heterocycles. The van der Waals surface area contributed by atoms with Gasteiger partial charge in [-0.15, -0.1) is 0 Å². The van der Waals surface area contributed by atoms with E-state index in [0.29, 0.717) is 12.1 Å². The summed E-state index contributed by atoms with van der Waals surface area (Å²) in [6.07, 6.45) is 1.50. The lowest BCUT2D eigenvalue weighted by molar-refractivity contribution is 0.0695. The van der Waals surface area contributed by atoms with Gasteiger partial charge in [0.05, 0.1) is 12.8 Å². The van der Waals surface area contributed by atoms with Crippen molar-refractivity contribution >= 4 is 5.97 Å². The summed E-state index contributed by atoms with van der Waals surface area (Å²) in [6, 6.07) is 7.14. The number of H-pyrrole nitrogens is 1. The molecule has 1 aromatic carbocycles. The van der Waals surface area contributed by atoms with Crippen LogP contribution in [0.5, 0.6) is 5.75 Å². The van der Waals surface area contributed by atoms with Crippen LogP contribution >= 0.6 is 0 Å². The van der Waals surface area contributed by atoms with Crippen LogP contribution in [0, 0.1) is 0 Å². The van der Waals surface area contributed by atoms with E-state index in [-0.39, 0.29) is 5.56 Å². The number of pyridine rings is 1. The average molecular weight is 271 g/mol. The molecule has 0 radical (unpaired) electrons. The van der Waals surface area contributed by atoms with Gasteiger partial charge < -0.3 is 14.8 Å². The molecule has 0 unspecified atom stereocenters. The molecule has 1 heterocycles. The number of carboxylic acid groups (broad SMARTS) is 1. The summed E-state index contributed by atoms with van der Waals surface area (Å²) in [4.78, 5) is 25.5. The van der Waals surface area contributed by atoms with Crippen molar-refractivity contribution < 1.29 is 14.6 Å². The second-order valence-electron chi connectivity index (χ2n) is 4.74. The third-order valence-electron chi connectivity index (χ3n) is 3.60. The molecule has 1 aliphatic rings. The minimum absolute atomic E-state index is 0.208. The molecule has 1 aliphatic carbocycles. The number of fused-ring (bicyclic) bond motifs is 3. The number of ether oxygens (including phenoxy) is 1. The van der Waals surface area contributed by atoms with Crippen molar-refractivity contribution in [3.63, 3.8) is 0 Å². The van der Waals surface area contributed by atoms with Gasteiger partial charge in [0.2, 0.25) is 0 Å². The van der Waals surface area contributed by atoms with Crippen molar-refractivity contribution in [2.45, 2.75) is 12.8 Å². The molecule has 1 aromatic heterocycles. The normalized spacial score (nSPS) is 12.4. The summed E-state index contributed by atoms with van der Waals surface area (Å²) in [5, 5.41) is 8.99. The molecule has 0 bridgehead atoms. The number of hydrogen-bond acceptors (Lipinski definition) is 3. The van der Waals surface area contributed by atoms with E-state index < -0.39 is 11.5 Å². The molecule has 5 heteroatoms. The first-order valence-electron chi connectivity index (χ1n) is 6.27. The number of methoxy groups -OCH3 is 1. The van der Waals surface area contributed by atoms with Crippen molar-refractivity contribution in [1.82, 2.24) is 4.98 Å². The van der Waals surface area contributed by atoms with Crippen molar-refractivity contribution in [2.75, 3.05) is 7.11 Å². The fourth-order valence-corrected chi connectivity index (χ4v) is 2.59. The number of carboxylic acids is 1. The maximum absolute atomic E-state index is 11.8. The van der Waals surface area contributed by atoms with Crippen molar-refractivity contribution in [3.05, 3.63) is 51.3 Å². The summed E-state index contributed by atoms with van der Waals surface area (Å²) in [5.74, 6) is -0.425. The highest BCUT2D eigenvalue weighted by Gasteiger charge is 2.20. The molecule has 0 amide bonds. The van der Waals surface area contributed by atoms with E-state index in [9.17, 15) is 9.59 Å². The number of aromatic carboxylic acids is 1. The third-order valence-corrected chi connectivity index (χ3v) is 3.60. The second kappa shape index (κ2) is 4.52. The number of aromatic amines is 1. The fraction of sp³-hybridized carbons (Fsp3) is 0.200. The number of rotatable bonds is 2. The van der Waals surface area contributed by atoms with Gasteiger partial charge in [-0.25, -0.2) is 4.79 Å². The molecule has 2 aromatic rings. The van der Waals surface area contributed by atoms with Crippen LogP contribution in [-0.4, -0.2) is 23.2 Å². The lowest BCUT2D eigenvalue weighted by Crippen LogP contribution is -2.21. The van der Waals surface area contributed by atoms with Crippen molar-refractivity contribution in [1.29, 1.82) is 0 Å². The van der Waals surface area contributed by atoms with E-state index in [1.165, 1.54) is 6.07 Å². The summed E-state index contributed by atoms with van der Waals surface area (Å²) >= 11 is 0. The summed E-state index contributed by atoms with van der Waals surface area (Å²) in [7, 11) is 1.61. The number of aromatic nitrogens is 1. The molecule has 5 nitrogen and oxygen atoms in total. The Morgan fingerprint density at radius 1 is 1.25 bits per heavy atom. The summed E-state index contributed by atoms with van der Waals surface area (Å²) < 4.78 is 5.19. The first-order chi connectivity index (χ1) is 9.60. The zero-order valence-corrected chi connectivity index (χ0v) is 10.9. The number of benzene rings is 1. The van der Waals surface area contributed by atoms with Crippen LogP contribution in [0.15, 0.2) is 29.1 Å². The monoisotopic (exact) mass is 271 g/mol. The lowest BCUT2D eigenvalue weighted by Gasteiger charge is -2.20. The van der Waals surface area contributed by atoms with Gasteiger partial charge in [-0.2, -0.15) is 0 Å². The van der Waals surface area contributed by atoms with Gasteiger partial charge >= 0.3 is 5.97 Å². The van der Waals surface area contributed by atoms with E-state index in [2.05, 4.69) is 4.98 Å². The van der Waals surface area contributed by atoms with Crippen LogP contribution in [0.4, 0.5) is 0 Å². The standard InChI is InChI=1S/C15H13NO4/c1-20-10-4-5-11-8(6-10)2-3-9-7-12(15(18)19)14(17)16-13(9)11/h4-7H,2-3H2,1H3,(H,16,17)(H,18,19). The van der Waals surface area contributed by atoms with Gasteiger partial charge in [-0.3, -0.25) is 4.79 Å². The Morgan fingerprint density at radius 3 is 2.70 bits per heavy atom. The fourth-order valence-electron chi connectivity index (χ4n) is 2.59. The number of nitrogens with one attached hydrogen (secondary N) is 1. The van der Waals surface area contributed by atoms with E-state index in [4.69, 9.17) is 9.84 Å². The highest BCUT2D eigenvalue weighted by molar-refractivity contribution is 5.88. The molecular weight excluding hydrogens is 258 g/mol. The van der Waals surface area contributed by atoms with Crippen molar-refractivity contribution in [2.24, 2.45) is 0 Å². The maximum atomic E-state index is 11.8. The predicted octanol–water partition coefficient (Wildman–Crippen LogP) is 1.85. The number of hydrogen-bond donors (Lipinski definition) is 2. The molecule has 0 aliphatic heterocycles. The van der Waals surface area contributed by atoms with Gasteiger partial charge in [-0.1, -0.05) is 0 Å². The minimum Gasteiger partial charge on any atom is -0.497 e. The Kier molecular flexibility index (Phi) is 2.82. The zero-order chi connectivity index (χ0) is 14.3. The number of aryl methyl sites for hydroxylation is 2. The van der Waals surface area contributed by atoms with Gasteiger partial charge in [0.1, 0.15) is 11.3 Å². The Labute approximate surface area is 114 Å². The topological polar surface area (TPSA) is 79.4 Å². The van der Waals surface area contributed by atoms with Crippen LogP contribution in [0.2, 0.25) is 0 Å². The Hall–Kier alpha value is -2.56. The van der Waals surface area contributed by atoms with Crippen LogP contribution in [0.1, 0.15) is 21.5 Å². The molecule has 102 valence electrons. The van der Waals surface area contributed by atoms with Gasteiger partial charge in [-0.05, 0) is 48.2 Å². The van der Waals surface area contributed by atoms with Crippen molar-refractivity contribution in [3.8, 4) is 17.0 Å². The molecule has 3 rings (SSSR count). The first kappa shape index (κ1) is 12.5. The Morgan fingerprint density at radius 2 is 2.00 bits per heavy atom. The van der Waals surface area contributed by atoms with Gasteiger partial charge in [0, 0.05) is 5.56 Å². The smallest absolute Gasteiger partial charge is 0.341 e. The molecule has 0 spiro atoms. The Balaban J connectivity index is 2.20. The molecular formula is C15H13NO4. The van der Waals surface area contributed by atoms with E-state index in [0.717, 1.165) is 28.9 Å². The van der Waals surface area contributed by atoms with E-state index in [1.807, 2.05) is 18.2 Å². The van der Waals surface area contributed by atoms with E-state index >= 15 is 0 Å². The molecule has 0 atom stereocenters. The SMILES string of the molecule is COc1ccc2c(c1)CCc1cc(C(=O)O)c(=O)[nH]c1-2. The molecule has 0 saturated carbocycles. The highest BCUT2D eigenvalue weighted by Crippen LogP contribution is 2.33. The molecule has 2 N–H and O–H groups in total. The highest BCUT2D eigenvalue weighted by atomic mass is 16.5.